The number of hydrogen-bond donors (Lipinski definition) is 0. The summed E-state index contributed by atoms with van der Waals surface area (Å²) in [6, 6.07) is 61.8. The van der Waals surface area contributed by atoms with Crippen LogP contribution in [0.4, 0.5) is 17.1 Å². The number of benzene rings is 7. The zero-order valence-corrected chi connectivity index (χ0v) is 26.2. The average molecular weight is 640 g/mol. The Morgan fingerprint density at radius 3 is 1.80 bits per heavy atom. The maximum absolute atomic E-state index is 2.40. The molecule has 7 aromatic carbocycles. The Morgan fingerprint density at radius 1 is 0.378 bits per heavy atom. The van der Waals surface area contributed by atoms with E-state index >= 15 is 0 Å². The normalized spacial score (nSPS) is 11.6. The molecule has 0 fully saturated rings. The van der Waals surface area contributed by atoms with Crippen molar-refractivity contribution in [3.63, 3.8) is 0 Å². The molecular weight excluding hydrogens is 611 g/mol. The molecular formula is C42H28N2Se. The zero-order chi connectivity index (χ0) is 29.7. The van der Waals surface area contributed by atoms with Crippen LogP contribution in [-0.2, 0) is 0 Å². The van der Waals surface area contributed by atoms with Crippen molar-refractivity contribution in [3.05, 3.63) is 170 Å². The van der Waals surface area contributed by atoms with Crippen LogP contribution in [0.25, 0.3) is 57.9 Å². The van der Waals surface area contributed by atoms with Gasteiger partial charge in [-0.3, -0.25) is 0 Å². The third kappa shape index (κ3) is 4.40. The fourth-order valence-corrected chi connectivity index (χ4v) is 9.08. The van der Waals surface area contributed by atoms with Crippen molar-refractivity contribution >= 4 is 72.7 Å². The molecule has 2 heterocycles. The van der Waals surface area contributed by atoms with Crippen LogP contribution in [0.3, 0.4) is 0 Å². The second-order valence-electron chi connectivity index (χ2n) is 11.4. The molecule has 0 spiro atoms. The molecule has 0 aliphatic heterocycles. The standard InChI is InChI=1S/C42H28N2Se/c1-3-11-31(12-4-1)43(34-24-25-37-36-16-8-10-18-41(36)45-42(37)28-34)33-22-19-29(20-23-33)30-21-26-40-38(27-30)35-15-7-9-17-39(35)44(40)32-13-5-2-6-14-32/h1-28H. The molecule has 0 aliphatic rings. The summed E-state index contributed by atoms with van der Waals surface area (Å²) in [7, 11) is 0. The molecule has 0 unspecified atom stereocenters. The summed E-state index contributed by atoms with van der Waals surface area (Å²) in [5, 5.41) is 5.30. The van der Waals surface area contributed by atoms with E-state index < -0.39 is 0 Å². The summed E-state index contributed by atoms with van der Waals surface area (Å²) in [6.07, 6.45) is 0. The molecule has 2 nitrogen and oxygen atoms in total. The van der Waals surface area contributed by atoms with Gasteiger partial charge in [0.15, 0.2) is 0 Å². The van der Waals surface area contributed by atoms with Gasteiger partial charge >= 0.3 is 198 Å². The van der Waals surface area contributed by atoms with Crippen LogP contribution in [-0.4, -0.2) is 19.1 Å². The molecule has 2 aromatic heterocycles. The maximum atomic E-state index is 2.40. The molecule has 0 bridgehead atoms. The molecule has 45 heavy (non-hydrogen) atoms. The predicted octanol–water partition coefficient (Wildman–Crippen LogP) is 11.3. The van der Waals surface area contributed by atoms with Gasteiger partial charge in [0.25, 0.3) is 0 Å². The van der Waals surface area contributed by atoms with Crippen molar-refractivity contribution < 1.29 is 0 Å². The summed E-state index contributed by atoms with van der Waals surface area (Å²) < 4.78 is 5.28. The predicted molar refractivity (Wildman–Crippen MR) is 193 cm³/mol. The summed E-state index contributed by atoms with van der Waals surface area (Å²) >= 11 is 0.316. The van der Waals surface area contributed by atoms with Crippen molar-refractivity contribution in [2.24, 2.45) is 0 Å². The minimum absolute atomic E-state index is 0.316. The van der Waals surface area contributed by atoms with Gasteiger partial charge in [-0.1, -0.05) is 36.4 Å². The molecule has 3 heteroatoms. The molecule has 0 atom stereocenters. The molecule has 0 aliphatic carbocycles. The van der Waals surface area contributed by atoms with Gasteiger partial charge in [-0.25, -0.2) is 0 Å². The summed E-state index contributed by atoms with van der Waals surface area (Å²) in [5.41, 5.74) is 9.54. The van der Waals surface area contributed by atoms with Crippen molar-refractivity contribution in [2.45, 2.75) is 0 Å². The first-order valence-corrected chi connectivity index (χ1v) is 17.0. The summed E-state index contributed by atoms with van der Waals surface area (Å²) in [5.74, 6) is 0. The molecule has 0 amide bonds. The Bertz CT molecular complexity index is 2470. The Labute approximate surface area is 267 Å². The molecule has 212 valence electrons. The van der Waals surface area contributed by atoms with Crippen molar-refractivity contribution in [1.82, 2.24) is 4.57 Å². The number of anilines is 3. The quantitative estimate of drug-likeness (QED) is 0.170. The number of para-hydroxylation sites is 3. The van der Waals surface area contributed by atoms with E-state index in [-0.39, 0.29) is 0 Å². The van der Waals surface area contributed by atoms with Gasteiger partial charge in [-0.2, -0.15) is 0 Å². The number of hydrogen-bond acceptors (Lipinski definition) is 1. The monoisotopic (exact) mass is 640 g/mol. The van der Waals surface area contributed by atoms with Crippen LogP contribution in [0, 0.1) is 0 Å². The topological polar surface area (TPSA) is 8.17 Å². The van der Waals surface area contributed by atoms with Crippen LogP contribution >= 0.6 is 0 Å². The summed E-state index contributed by atoms with van der Waals surface area (Å²) in [6.45, 7) is 0. The molecule has 0 N–H and O–H groups in total. The van der Waals surface area contributed by atoms with Gasteiger partial charge in [-0.05, 0) is 18.2 Å². The zero-order valence-electron chi connectivity index (χ0n) is 24.5. The van der Waals surface area contributed by atoms with E-state index in [1.165, 1.54) is 63.6 Å². The third-order valence-corrected chi connectivity index (χ3v) is 11.2. The van der Waals surface area contributed by atoms with Crippen LogP contribution in [0.5, 0.6) is 0 Å². The van der Waals surface area contributed by atoms with Crippen molar-refractivity contribution in [1.29, 1.82) is 0 Å². The van der Waals surface area contributed by atoms with E-state index in [0.717, 1.165) is 11.4 Å². The van der Waals surface area contributed by atoms with Gasteiger partial charge in [0.05, 0.1) is 5.52 Å². The fourth-order valence-electron chi connectivity index (χ4n) is 6.69. The second-order valence-corrected chi connectivity index (χ2v) is 13.7. The van der Waals surface area contributed by atoms with Crippen LogP contribution in [0.15, 0.2) is 170 Å². The molecule has 9 aromatic rings. The number of aromatic nitrogens is 1. The Hall–Kier alpha value is -5.34. The Morgan fingerprint density at radius 2 is 0.978 bits per heavy atom. The third-order valence-electron chi connectivity index (χ3n) is 8.78. The van der Waals surface area contributed by atoms with Gasteiger partial charge in [0.2, 0.25) is 0 Å². The van der Waals surface area contributed by atoms with Crippen molar-refractivity contribution in [3.8, 4) is 16.8 Å². The first kappa shape index (κ1) is 26.1. The minimum atomic E-state index is 0.316. The van der Waals surface area contributed by atoms with Crippen LogP contribution < -0.4 is 4.90 Å². The Kier molecular flexibility index (Phi) is 6.19. The average Bonchev–Trinajstić information content (AvgIpc) is 3.65. The first-order valence-electron chi connectivity index (χ1n) is 15.3. The van der Waals surface area contributed by atoms with E-state index in [0.29, 0.717) is 14.5 Å². The molecule has 0 radical (unpaired) electrons. The van der Waals surface area contributed by atoms with Gasteiger partial charge < -0.3 is 4.57 Å². The fraction of sp³-hybridized carbons (Fsp3) is 0. The summed E-state index contributed by atoms with van der Waals surface area (Å²) in [4.78, 5) is 2.37. The number of nitrogens with zero attached hydrogens (tertiary/aromatic N) is 2. The second kappa shape index (κ2) is 10.7. The van der Waals surface area contributed by atoms with E-state index in [1.807, 2.05) is 0 Å². The van der Waals surface area contributed by atoms with Crippen LogP contribution in [0.2, 0.25) is 0 Å². The van der Waals surface area contributed by atoms with Gasteiger partial charge in [0.1, 0.15) is 0 Å². The van der Waals surface area contributed by atoms with Gasteiger partial charge in [0, 0.05) is 5.69 Å². The number of fused-ring (bicyclic) bond motifs is 6. The Balaban J connectivity index is 1.14. The van der Waals surface area contributed by atoms with E-state index in [9.17, 15) is 0 Å². The molecule has 9 rings (SSSR count). The van der Waals surface area contributed by atoms with E-state index in [4.69, 9.17) is 0 Å². The van der Waals surface area contributed by atoms with Gasteiger partial charge in [-0.15, -0.1) is 0 Å². The van der Waals surface area contributed by atoms with E-state index in [1.54, 1.807) is 0 Å². The molecule has 0 saturated heterocycles. The number of rotatable bonds is 5. The van der Waals surface area contributed by atoms with Crippen molar-refractivity contribution in [2.75, 3.05) is 4.90 Å². The SMILES string of the molecule is c1ccc(N(c2ccc(-c3ccc4c(c3)c3ccccc3n4-c3ccccc3)cc2)c2ccc3c(c2)[se]c2ccccc23)cc1. The first-order chi connectivity index (χ1) is 22.3. The van der Waals surface area contributed by atoms with Crippen LogP contribution in [0.1, 0.15) is 0 Å². The van der Waals surface area contributed by atoms with E-state index in [2.05, 4.69) is 179 Å². The molecule has 0 saturated carbocycles.